The molecule has 128 valence electrons. The van der Waals surface area contributed by atoms with Crippen molar-refractivity contribution < 1.29 is 13.2 Å². The summed E-state index contributed by atoms with van der Waals surface area (Å²) in [6.45, 7) is 8.03. The standard InChI is InChI=1S/C13H21F3N4S.HI/c1-4-17-12(19-7-9(2)3)18-6-5-11-20-10(8-21-11)13(14,15)16;/h8-9H,4-7H2,1-3H3,(H2,17,18,19);1H. The van der Waals surface area contributed by atoms with Gasteiger partial charge in [0.25, 0.3) is 0 Å². The zero-order chi connectivity index (χ0) is 15.9. The smallest absolute Gasteiger partial charge is 0.357 e. The number of nitrogens with one attached hydrogen (secondary N) is 2. The molecule has 0 atom stereocenters. The average Bonchev–Trinajstić information content (AvgIpc) is 2.84. The SMILES string of the molecule is CCNC(=NCC(C)C)NCCc1nc(C(F)(F)F)cs1.I. The second kappa shape index (κ2) is 10.2. The topological polar surface area (TPSA) is 49.3 Å². The van der Waals surface area contributed by atoms with Crippen LogP contribution in [0.15, 0.2) is 10.4 Å². The van der Waals surface area contributed by atoms with Crippen molar-refractivity contribution in [3.8, 4) is 0 Å². The van der Waals surface area contributed by atoms with Gasteiger partial charge in [-0.3, -0.25) is 4.99 Å². The second-order valence-electron chi connectivity index (χ2n) is 4.91. The first kappa shape index (κ1) is 21.4. The maximum Gasteiger partial charge on any atom is 0.434 e. The molecule has 2 N–H and O–H groups in total. The minimum absolute atomic E-state index is 0. The van der Waals surface area contributed by atoms with Gasteiger partial charge in [0.1, 0.15) is 0 Å². The molecule has 1 aromatic heterocycles. The Bertz CT molecular complexity index is 460. The van der Waals surface area contributed by atoms with Crippen LogP contribution in [0.4, 0.5) is 13.2 Å². The van der Waals surface area contributed by atoms with Crippen LogP contribution in [-0.4, -0.2) is 30.6 Å². The molecule has 1 rings (SSSR count). The Hall–Kier alpha value is -0.580. The number of nitrogens with zero attached hydrogens (tertiary/aromatic N) is 2. The highest BCUT2D eigenvalue weighted by atomic mass is 127. The Morgan fingerprint density at radius 1 is 1.36 bits per heavy atom. The Morgan fingerprint density at radius 3 is 2.55 bits per heavy atom. The van der Waals surface area contributed by atoms with Crippen LogP contribution in [0.5, 0.6) is 0 Å². The summed E-state index contributed by atoms with van der Waals surface area (Å²) in [4.78, 5) is 7.98. The number of aromatic nitrogens is 1. The van der Waals surface area contributed by atoms with Crippen molar-refractivity contribution in [3.05, 3.63) is 16.1 Å². The predicted octanol–water partition coefficient (Wildman–Crippen LogP) is 3.53. The van der Waals surface area contributed by atoms with E-state index in [0.29, 0.717) is 36.4 Å². The quantitative estimate of drug-likeness (QED) is 0.396. The zero-order valence-corrected chi connectivity index (χ0v) is 16.0. The van der Waals surface area contributed by atoms with E-state index in [9.17, 15) is 13.2 Å². The predicted molar refractivity (Wildman–Crippen MR) is 95.1 cm³/mol. The lowest BCUT2D eigenvalue weighted by Gasteiger charge is -2.11. The molecule has 0 aliphatic heterocycles. The summed E-state index contributed by atoms with van der Waals surface area (Å²) in [7, 11) is 0. The van der Waals surface area contributed by atoms with E-state index in [0.717, 1.165) is 23.3 Å². The van der Waals surface area contributed by atoms with Crippen molar-refractivity contribution in [2.24, 2.45) is 10.9 Å². The molecule has 0 bridgehead atoms. The number of thiazole rings is 1. The van der Waals surface area contributed by atoms with Crippen LogP contribution in [0.1, 0.15) is 31.5 Å². The molecule has 0 aromatic carbocycles. The molecule has 1 heterocycles. The van der Waals surface area contributed by atoms with E-state index in [2.05, 4.69) is 34.5 Å². The van der Waals surface area contributed by atoms with Crippen LogP contribution in [0.25, 0.3) is 0 Å². The fraction of sp³-hybridized carbons (Fsp3) is 0.692. The molecule has 0 saturated carbocycles. The van der Waals surface area contributed by atoms with E-state index in [1.165, 1.54) is 0 Å². The highest BCUT2D eigenvalue weighted by Crippen LogP contribution is 2.29. The van der Waals surface area contributed by atoms with Gasteiger partial charge in [0.15, 0.2) is 11.7 Å². The highest BCUT2D eigenvalue weighted by molar-refractivity contribution is 14.0. The minimum atomic E-state index is -4.37. The maximum atomic E-state index is 12.4. The fourth-order valence-corrected chi connectivity index (χ4v) is 2.26. The molecule has 22 heavy (non-hydrogen) atoms. The van der Waals surface area contributed by atoms with Crippen LogP contribution in [0.3, 0.4) is 0 Å². The monoisotopic (exact) mass is 450 g/mol. The Labute approximate surface area is 150 Å². The molecule has 0 amide bonds. The van der Waals surface area contributed by atoms with Crippen LogP contribution >= 0.6 is 35.3 Å². The first-order valence-corrected chi connectivity index (χ1v) is 7.74. The number of aliphatic imine (C=N–C) groups is 1. The van der Waals surface area contributed by atoms with Crippen molar-refractivity contribution in [2.75, 3.05) is 19.6 Å². The van der Waals surface area contributed by atoms with Gasteiger partial charge in [-0.05, 0) is 12.8 Å². The van der Waals surface area contributed by atoms with Gasteiger partial charge >= 0.3 is 6.18 Å². The van der Waals surface area contributed by atoms with Crippen molar-refractivity contribution in [3.63, 3.8) is 0 Å². The summed E-state index contributed by atoms with van der Waals surface area (Å²) < 4.78 is 37.3. The number of halogens is 4. The maximum absolute atomic E-state index is 12.4. The minimum Gasteiger partial charge on any atom is -0.357 e. The summed E-state index contributed by atoms with van der Waals surface area (Å²) >= 11 is 1.03. The van der Waals surface area contributed by atoms with Crippen LogP contribution in [0.2, 0.25) is 0 Å². The summed E-state index contributed by atoms with van der Waals surface area (Å²) in [5.41, 5.74) is -0.817. The molecule has 0 unspecified atom stereocenters. The molecular formula is C13H22F3IN4S. The summed E-state index contributed by atoms with van der Waals surface area (Å²) in [5.74, 6) is 1.13. The van der Waals surface area contributed by atoms with Crippen LogP contribution < -0.4 is 10.6 Å². The summed E-state index contributed by atoms with van der Waals surface area (Å²) in [6.07, 6.45) is -3.93. The third kappa shape index (κ3) is 8.16. The second-order valence-corrected chi connectivity index (χ2v) is 5.86. The van der Waals surface area contributed by atoms with E-state index < -0.39 is 11.9 Å². The lowest BCUT2D eigenvalue weighted by Crippen LogP contribution is -2.38. The third-order valence-corrected chi connectivity index (χ3v) is 3.34. The normalized spacial score (nSPS) is 12.2. The zero-order valence-electron chi connectivity index (χ0n) is 12.8. The van der Waals surface area contributed by atoms with Gasteiger partial charge in [0.05, 0.1) is 5.01 Å². The molecule has 0 aliphatic carbocycles. The highest BCUT2D eigenvalue weighted by Gasteiger charge is 2.33. The van der Waals surface area contributed by atoms with Gasteiger partial charge in [-0.25, -0.2) is 4.98 Å². The first-order valence-electron chi connectivity index (χ1n) is 6.86. The largest absolute Gasteiger partial charge is 0.434 e. The van der Waals surface area contributed by atoms with Crippen molar-refractivity contribution in [2.45, 2.75) is 33.4 Å². The Morgan fingerprint density at radius 2 is 2.05 bits per heavy atom. The Kier molecular flexibility index (Phi) is 9.97. The number of alkyl halides is 3. The van der Waals surface area contributed by atoms with Gasteiger partial charge in [0, 0.05) is 31.4 Å². The van der Waals surface area contributed by atoms with Gasteiger partial charge < -0.3 is 10.6 Å². The number of hydrogen-bond donors (Lipinski definition) is 2. The molecular weight excluding hydrogens is 428 g/mol. The van der Waals surface area contributed by atoms with Gasteiger partial charge in [-0.15, -0.1) is 35.3 Å². The van der Waals surface area contributed by atoms with E-state index in [1.54, 1.807) is 0 Å². The summed E-state index contributed by atoms with van der Waals surface area (Å²) in [5, 5.41) is 7.71. The van der Waals surface area contributed by atoms with E-state index in [4.69, 9.17) is 0 Å². The number of rotatable bonds is 6. The lowest BCUT2D eigenvalue weighted by atomic mass is 10.2. The summed E-state index contributed by atoms with van der Waals surface area (Å²) in [6, 6.07) is 0. The molecule has 0 saturated heterocycles. The van der Waals surface area contributed by atoms with Crippen LogP contribution in [-0.2, 0) is 12.6 Å². The van der Waals surface area contributed by atoms with Crippen molar-refractivity contribution in [1.29, 1.82) is 0 Å². The van der Waals surface area contributed by atoms with E-state index >= 15 is 0 Å². The van der Waals surface area contributed by atoms with E-state index in [1.807, 2.05) is 6.92 Å². The molecule has 0 spiro atoms. The lowest BCUT2D eigenvalue weighted by molar-refractivity contribution is -0.140. The van der Waals surface area contributed by atoms with Crippen molar-refractivity contribution >= 4 is 41.3 Å². The fourth-order valence-electron chi connectivity index (χ4n) is 1.46. The number of hydrogen-bond acceptors (Lipinski definition) is 3. The molecule has 1 aromatic rings. The molecule has 9 heteroatoms. The molecule has 0 aliphatic rings. The number of guanidine groups is 1. The molecule has 0 fully saturated rings. The molecule has 4 nitrogen and oxygen atoms in total. The van der Waals surface area contributed by atoms with Crippen LogP contribution in [0, 0.1) is 5.92 Å². The van der Waals surface area contributed by atoms with Gasteiger partial charge in [-0.1, -0.05) is 13.8 Å². The Balaban J connectivity index is 0.00000441. The molecule has 0 radical (unpaired) electrons. The third-order valence-electron chi connectivity index (χ3n) is 2.43. The van der Waals surface area contributed by atoms with Gasteiger partial charge in [0.2, 0.25) is 0 Å². The van der Waals surface area contributed by atoms with E-state index in [-0.39, 0.29) is 24.0 Å². The first-order chi connectivity index (χ1) is 9.82. The van der Waals surface area contributed by atoms with Gasteiger partial charge in [-0.2, -0.15) is 13.2 Å². The van der Waals surface area contributed by atoms with Crippen molar-refractivity contribution in [1.82, 2.24) is 15.6 Å². The average molecular weight is 450 g/mol.